The largest absolute Gasteiger partial charge is 0.348 e. The standard InChI is InChI=1S/C19H24N2OS/c1-13-5-7-16(8-6-13)19(17-4-3-11-23-17)20-12-18(22)21-14(2)15-9-10-15/h3-8,11,14-15,19-20H,9-10,12H2,1-2H3,(H,21,22)/p+1/t14-,19+/m1/s1. The maximum atomic E-state index is 12.2. The van der Waals surface area contributed by atoms with E-state index in [4.69, 9.17) is 0 Å². The van der Waals surface area contributed by atoms with Gasteiger partial charge in [0.25, 0.3) is 5.91 Å². The zero-order valence-corrected chi connectivity index (χ0v) is 14.6. The lowest BCUT2D eigenvalue weighted by molar-refractivity contribution is -0.676. The summed E-state index contributed by atoms with van der Waals surface area (Å²) in [6.45, 7) is 4.68. The van der Waals surface area contributed by atoms with Crippen molar-refractivity contribution in [2.45, 2.75) is 38.8 Å². The molecule has 0 bridgehead atoms. The minimum Gasteiger partial charge on any atom is -0.348 e. The maximum Gasteiger partial charge on any atom is 0.275 e. The predicted octanol–water partition coefficient (Wildman–Crippen LogP) is 2.62. The fraction of sp³-hybridized carbons (Fsp3) is 0.421. The molecule has 1 aromatic heterocycles. The van der Waals surface area contributed by atoms with E-state index in [0.717, 1.165) is 0 Å². The van der Waals surface area contributed by atoms with Gasteiger partial charge in [0, 0.05) is 11.6 Å². The van der Waals surface area contributed by atoms with Gasteiger partial charge in [-0.1, -0.05) is 35.9 Å². The normalized spacial score (nSPS) is 16.8. The summed E-state index contributed by atoms with van der Waals surface area (Å²) in [4.78, 5) is 13.5. The Kier molecular flexibility index (Phi) is 5.13. The van der Waals surface area contributed by atoms with Crippen molar-refractivity contribution < 1.29 is 10.1 Å². The van der Waals surface area contributed by atoms with Crippen LogP contribution in [0.15, 0.2) is 41.8 Å². The van der Waals surface area contributed by atoms with Crippen molar-refractivity contribution in [1.82, 2.24) is 5.32 Å². The maximum absolute atomic E-state index is 12.2. The van der Waals surface area contributed by atoms with Crippen LogP contribution in [0, 0.1) is 12.8 Å². The number of nitrogens with one attached hydrogen (secondary N) is 1. The molecule has 0 spiro atoms. The predicted molar refractivity (Wildman–Crippen MR) is 94.5 cm³/mol. The first-order valence-electron chi connectivity index (χ1n) is 8.36. The number of hydrogen-bond donors (Lipinski definition) is 2. The van der Waals surface area contributed by atoms with E-state index in [-0.39, 0.29) is 11.9 Å². The van der Waals surface area contributed by atoms with Crippen LogP contribution in [0.2, 0.25) is 0 Å². The second-order valence-corrected chi connectivity index (χ2v) is 7.52. The summed E-state index contributed by atoms with van der Waals surface area (Å²) in [7, 11) is 0. The number of thiophene rings is 1. The molecule has 4 heteroatoms. The summed E-state index contributed by atoms with van der Waals surface area (Å²) < 4.78 is 0. The topological polar surface area (TPSA) is 45.7 Å². The van der Waals surface area contributed by atoms with Crippen LogP contribution in [-0.2, 0) is 4.79 Å². The van der Waals surface area contributed by atoms with Gasteiger partial charge in [-0.15, -0.1) is 11.3 Å². The van der Waals surface area contributed by atoms with Gasteiger partial charge in [-0.3, -0.25) is 4.79 Å². The number of hydrogen-bond acceptors (Lipinski definition) is 2. The molecule has 1 fully saturated rings. The molecule has 2 atom stereocenters. The Hall–Kier alpha value is -1.65. The summed E-state index contributed by atoms with van der Waals surface area (Å²) in [6.07, 6.45) is 2.51. The van der Waals surface area contributed by atoms with Gasteiger partial charge in [0.05, 0.1) is 4.88 Å². The van der Waals surface area contributed by atoms with Crippen molar-refractivity contribution in [3.05, 3.63) is 57.8 Å². The van der Waals surface area contributed by atoms with Crippen LogP contribution in [0.5, 0.6) is 0 Å². The van der Waals surface area contributed by atoms with Crippen LogP contribution in [0.3, 0.4) is 0 Å². The van der Waals surface area contributed by atoms with Gasteiger partial charge in [0.15, 0.2) is 6.54 Å². The highest BCUT2D eigenvalue weighted by Gasteiger charge is 2.29. The molecule has 2 aromatic rings. The van der Waals surface area contributed by atoms with Crippen molar-refractivity contribution in [3.8, 4) is 0 Å². The SMILES string of the molecule is Cc1ccc([C@H]([NH2+]CC(=O)N[C@H](C)C2CC2)c2cccs2)cc1. The minimum absolute atomic E-state index is 0.137. The van der Waals surface area contributed by atoms with Crippen LogP contribution in [0.4, 0.5) is 0 Å². The third kappa shape index (κ3) is 4.43. The van der Waals surface area contributed by atoms with Crippen molar-refractivity contribution >= 4 is 17.2 Å². The van der Waals surface area contributed by atoms with Gasteiger partial charge in [0.2, 0.25) is 0 Å². The zero-order chi connectivity index (χ0) is 16.2. The molecule has 1 saturated carbocycles. The number of carbonyl (C=O) groups is 1. The highest BCUT2D eigenvalue weighted by Crippen LogP contribution is 2.32. The number of amides is 1. The summed E-state index contributed by atoms with van der Waals surface area (Å²) in [5, 5.41) is 7.38. The Morgan fingerprint density at radius 1 is 1.30 bits per heavy atom. The lowest BCUT2D eigenvalue weighted by Gasteiger charge is -2.17. The van der Waals surface area contributed by atoms with Gasteiger partial charge < -0.3 is 10.6 Å². The Morgan fingerprint density at radius 2 is 2.04 bits per heavy atom. The Bertz CT molecular complexity index is 632. The van der Waals surface area contributed by atoms with Crippen LogP contribution in [0.25, 0.3) is 0 Å². The lowest BCUT2D eigenvalue weighted by atomic mass is 10.0. The lowest BCUT2D eigenvalue weighted by Crippen LogP contribution is -2.87. The highest BCUT2D eigenvalue weighted by atomic mass is 32.1. The molecular weight excluding hydrogens is 304 g/mol. The minimum atomic E-state index is 0.137. The van der Waals surface area contributed by atoms with Crippen molar-refractivity contribution in [1.29, 1.82) is 0 Å². The van der Waals surface area contributed by atoms with E-state index in [1.54, 1.807) is 11.3 Å². The summed E-state index contributed by atoms with van der Waals surface area (Å²) in [5.41, 5.74) is 2.51. The van der Waals surface area contributed by atoms with E-state index < -0.39 is 0 Å². The van der Waals surface area contributed by atoms with Crippen LogP contribution in [-0.4, -0.2) is 18.5 Å². The molecular formula is C19H25N2OS+. The van der Waals surface area contributed by atoms with Crippen LogP contribution < -0.4 is 10.6 Å². The summed E-state index contributed by atoms with van der Waals surface area (Å²) >= 11 is 1.75. The van der Waals surface area contributed by atoms with Gasteiger partial charge in [0.1, 0.15) is 6.04 Å². The zero-order valence-electron chi connectivity index (χ0n) is 13.8. The Labute approximate surface area is 142 Å². The molecule has 3 N–H and O–H groups in total. The number of carbonyl (C=O) groups excluding carboxylic acids is 1. The number of benzene rings is 1. The Balaban J connectivity index is 1.64. The first-order chi connectivity index (χ1) is 11.1. The molecule has 0 saturated heterocycles. The second-order valence-electron chi connectivity index (χ2n) is 6.54. The van der Waals surface area contributed by atoms with Crippen molar-refractivity contribution in [2.75, 3.05) is 6.54 Å². The Morgan fingerprint density at radius 3 is 2.65 bits per heavy atom. The average Bonchev–Trinajstić information content (AvgIpc) is 3.26. The number of aryl methyl sites for hydroxylation is 1. The third-order valence-electron chi connectivity index (χ3n) is 4.54. The highest BCUT2D eigenvalue weighted by molar-refractivity contribution is 7.10. The molecule has 1 aromatic carbocycles. The summed E-state index contributed by atoms with van der Waals surface area (Å²) in [6, 6.07) is 13.3. The van der Waals surface area contributed by atoms with Crippen LogP contribution >= 0.6 is 11.3 Å². The fourth-order valence-corrected chi connectivity index (χ4v) is 3.76. The van der Waals surface area contributed by atoms with E-state index in [0.29, 0.717) is 18.5 Å². The molecule has 122 valence electrons. The molecule has 0 radical (unpaired) electrons. The van der Waals surface area contributed by atoms with E-state index in [9.17, 15) is 4.79 Å². The van der Waals surface area contributed by atoms with Crippen LogP contribution in [0.1, 0.15) is 41.8 Å². The monoisotopic (exact) mass is 329 g/mol. The first-order valence-corrected chi connectivity index (χ1v) is 9.24. The first kappa shape index (κ1) is 16.2. The smallest absolute Gasteiger partial charge is 0.275 e. The van der Waals surface area contributed by atoms with Gasteiger partial charge >= 0.3 is 0 Å². The van der Waals surface area contributed by atoms with Gasteiger partial charge in [-0.2, -0.15) is 0 Å². The molecule has 1 amide bonds. The molecule has 1 aliphatic rings. The van der Waals surface area contributed by atoms with Gasteiger partial charge in [-0.05, 0) is 44.1 Å². The molecule has 1 aliphatic carbocycles. The number of rotatable bonds is 7. The molecule has 1 heterocycles. The third-order valence-corrected chi connectivity index (χ3v) is 5.50. The summed E-state index contributed by atoms with van der Waals surface area (Å²) in [5.74, 6) is 0.835. The quantitative estimate of drug-likeness (QED) is 0.806. The number of nitrogens with two attached hydrogens (primary N) is 1. The molecule has 0 aliphatic heterocycles. The van der Waals surface area contributed by atoms with E-state index in [1.807, 2.05) is 0 Å². The molecule has 3 rings (SSSR count). The van der Waals surface area contributed by atoms with Crippen molar-refractivity contribution in [3.63, 3.8) is 0 Å². The number of quaternary nitrogens is 1. The average molecular weight is 329 g/mol. The fourth-order valence-electron chi connectivity index (χ4n) is 2.91. The molecule has 0 unspecified atom stereocenters. The molecule has 23 heavy (non-hydrogen) atoms. The van der Waals surface area contributed by atoms with Gasteiger partial charge in [-0.25, -0.2) is 0 Å². The molecule has 3 nitrogen and oxygen atoms in total. The van der Waals surface area contributed by atoms with E-state index >= 15 is 0 Å². The van der Waals surface area contributed by atoms with Crippen molar-refractivity contribution in [2.24, 2.45) is 5.92 Å². The van der Waals surface area contributed by atoms with E-state index in [2.05, 4.69) is 66.3 Å². The second kappa shape index (κ2) is 7.28. The van der Waals surface area contributed by atoms with E-state index in [1.165, 1.54) is 28.8 Å².